The Kier molecular flexibility index (Phi) is 3.00. The molecule has 0 aromatic carbocycles. The van der Waals surface area contributed by atoms with Crippen LogP contribution in [-0.4, -0.2) is 20.9 Å². The van der Waals surface area contributed by atoms with E-state index in [1.165, 1.54) is 0 Å². The number of hydrogen-bond donors (Lipinski definition) is 0. The quantitative estimate of drug-likeness (QED) is 0.797. The minimum absolute atomic E-state index is 0.224. The molecule has 1 aromatic rings. The smallest absolute Gasteiger partial charge is 0.287 e. The Balaban J connectivity index is 3.31. The lowest BCUT2D eigenvalue weighted by atomic mass is 10.0. The fourth-order valence-electron chi connectivity index (χ4n) is 1.20. The molecule has 7 heteroatoms. The van der Waals surface area contributed by atoms with E-state index >= 15 is 0 Å². The van der Waals surface area contributed by atoms with Gasteiger partial charge in [-0.1, -0.05) is 6.92 Å². The van der Waals surface area contributed by atoms with Crippen molar-refractivity contribution in [2.24, 2.45) is 0 Å². The summed E-state index contributed by atoms with van der Waals surface area (Å²) >= 11 is 5.60. The van der Waals surface area contributed by atoms with Gasteiger partial charge < -0.3 is 0 Å². The number of rotatable bonds is 2. The number of aromatic nitrogens is 3. The van der Waals surface area contributed by atoms with Gasteiger partial charge in [0.25, 0.3) is 0 Å². The van der Waals surface area contributed by atoms with E-state index in [4.69, 9.17) is 11.6 Å². The normalized spacial score (nSPS) is 13.3. The lowest BCUT2D eigenvalue weighted by Gasteiger charge is -2.30. The SMILES string of the molecule is CCc1nnc(Cl)n1C(C)(C)C(F)(F)F. The molecule has 0 aliphatic rings. The van der Waals surface area contributed by atoms with Gasteiger partial charge in [0.05, 0.1) is 0 Å². The molecule has 86 valence electrons. The average Bonchev–Trinajstić information content (AvgIpc) is 2.44. The maximum absolute atomic E-state index is 12.8. The molecule has 1 aromatic heterocycles. The van der Waals surface area contributed by atoms with Crippen LogP contribution < -0.4 is 0 Å². The summed E-state index contributed by atoms with van der Waals surface area (Å²) in [6.07, 6.45) is -4.05. The highest BCUT2D eigenvalue weighted by molar-refractivity contribution is 6.28. The highest BCUT2D eigenvalue weighted by Gasteiger charge is 2.50. The molecule has 0 amide bonds. The molecular weight excluding hydrogens is 231 g/mol. The van der Waals surface area contributed by atoms with Crippen LogP contribution in [0.5, 0.6) is 0 Å². The second-order valence-corrected chi connectivity index (χ2v) is 3.97. The van der Waals surface area contributed by atoms with Crippen LogP contribution in [0.4, 0.5) is 13.2 Å². The molecule has 1 rings (SSSR count). The Labute approximate surface area is 90.2 Å². The molecule has 0 spiro atoms. The van der Waals surface area contributed by atoms with E-state index in [2.05, 4.69) is 10.2 Å². The summed E-state index contributed by atoms with van der Waals surface area (Å²) in [6, 6.07) is 0. The van der Waals surface area contributed by atoms with Gasteiger partial charge in [-0.15, -0.1) is 10.2 Å². The third-order valence-electron chi connectivity index (χ3n) is 2.26. The number of aryl methyl sites for hydroxylation is 1. The Hall–Kier alpha value is -0.780. The third-order valence-corrected chi connectivity index (χ3v) is 2.50. The third kappa shape index (κ3) is 1.95. The van der Waals surface area contributed by atoms with E-state index in [1.54, 1.807) is 6.92 Å². The van der Waals surface area contributed by atoms with Crippen LogP contribution in [0.25, 0.3) is 0 Å². The van der Waals surface area contributed by atoms with Crippen LogP contribution in [0.2, 0.25) is 5.28 Å². The van der Waals surface area contributed by atoms with Gasteiger partial charge in [-0.2, -0.15) is 13.2 Å². The van der Waals surface area contributed by atoms with Gasteiger partial charge >= 0.3 is 6.18 Å². The zero-order valence-electron chi connectivity index (χ0n) is 8.56. The fraction of sp³-hybridized carbons (Fsp3) is 0.750. The maximum Gasteiger partial charge on any atom is 0.411 e. The standard InChI is InChI=1S/C8H11ClF3N3/c1-4-5-13-14-6(9)15(5)7(2,3)8(10,11)12/h4H2,1-3H3. The topological polar surface area (TPSA) is 30.7 Å². The first kappa shape index (κ1) is 12.3. The Morgan fingerprint density at radius 2 is 1.80 bits per heavy atom. The van der Waals surface area contributed by atoms with Gasteiger partial charge in [0.15, 0.2) is 0 Å². The summed E-state index contributed by atoms with van der Waals surface area (Å²) in [6.45, 7) is 3.78. The highest BCUT2D eigenvalue weighted by Crippen LogP contribution is 2.38. The van der Waals surface area contributed by atoms with Crippen molar-refractivity contribution in [2.75, 3.05) is 0 Å². The van der Waals surface area contributed by atoms with E-state index in [9.17, 15) is 13.2 Å². The molecule has 0 aliphatic carbocycles. The van der Waals surface area contributed by atoms with Crippen molar-refractivity contribution in [1.82, 2.24) is 14.8 Å². The molecule has 15 heavy (non-hydrogen) atoms. The van der Waals surface area contributed by atoms with Gasteiger partial charge in [-0.05, 0) is 25.4 Å². The van der Waals surface area contributed by atoms with Crippen LogP contribution in [0, 0.1) is 0 Å². The summed E-state index contributed by atoms with van der Waals surface area (Å²) in [5, 5.41) is 6.80. The van der Waals surface area contributed by atoms with Gasteiger partial charge in [-0.25, -0.2) is 0 Å². The first-order valence-electron chi connectivity index (χ1n) is 4.38. The molecule has 0 N–H and O–H groups in total. The molecule has 0 fully saturated rings. The maximum atomic E-state index is 12.8. The van der Waals surface area contributed by atoms with E-state index in [1.807, 2.05) is 0 Å². The van der Waals surface area contributed by atoms with Gasteiger partial charge in [0.1, 0.15) is 11.4 Å². The number of hydrogen-bond acceptors (Lipinski definition) is 2. The van der Waals surface area contributed by atoms with E-state index < -0.39 is 11.7 Å². The molecule has 0 atom stereocenters. The molecule has 0 bridgehead atoms. The Morgan fingerprint density at radius 3 is 2.20 bits per heavy atom. The van der Waals surface area contributed by atoms with Gasteiger partial charge in [0.2, 0.25) is 5.28 Å². The first-order valence-corrected chi connectivity index (χ1v) is 4.76. The predicted octanol–water partition coefficient (Wildman–Crippen LogP) is 2.79. The molecule has 1 heterocycles. The summed E-state index contributed by atoms with van der Waals surface area (Å²) in [5.41, 5.74) is -2.10. The highest BCUT2D eigenvalue weighted by atomic mass is 35.5. The van der Waals surface area contributed by atoms with Crippen molar-refractivity contribution in [3.8, 4) is 0 Å². The summed E-state index contributed by atoms with van der Waals surface area (Å²) in [4.78, 5) is 0. The van der Waals surface area contributed by atoms with E-state index in [-0.39, 0.29) is 11.1 Å². The lowest BCUT2D eigenvalue weighted by molar-refractivity contribution is -0.203. The predicted molar refractivity (Wildman–Crippen MR) is 49.8 cm³/mol. The van der Waals surface area contributed by atoms with Crippen LogP contribution in [0.15, 0.2) is 0 Å². The Morgan fingerprint density at radius 1 is 1.27 bits per heavy atom. The Bertz CT molecular complexity index is 357. The zero-order valence-corrected chi connectivity index (χ0v) is 9.32. The molecule has 0 saturated heterocycles. The molecular formula is C8H11ClF3N3. The van der Waals surface area contributed by atoms with Gasteiger partial charge in [-0.3, -0.25) is 4.57 Å². The fourth-order valence-corrected chi connectivity index (χ4v) is 1.55. The zero-order chi connectivity index (χ0) is 11.9. The minimum Gasteiger partial charge on any atom is -0.287 e. The number of nitrogens with zero attached hydrogens (tertiary/aromatic N) is 3. The molecule has 0 unspecified atom stereocenters. The molecule has 0 saturated carbocycles. The van der Waals surface area contributed by atoms with Gasteiger partial charge in [0, 0.05) is 6.42 Å². The summed E-state index contributed by atoms with van der Waals surface area (Å²) in [5.74, 6) is 0.224. The minimum atomic E-state index is -4.40. The summed E-state index contributed by atoms with van der Waals surface area (Å²) < 4.78 is 39.2. The van der Waals surface area contributed by atoms with Crippen LogP contribution in [0.1, 0.15) is 26.6 Å². The lowest BCUT2D eigenvalue weighted by Crippen LogP contribution is -2.43. The monoisotopic (exact) mass is 241 g/mol. The molecule has 0 aliphatic heterocycles. The van der Waals surface area contributed by atoms with Crippen molar-refractivity contribution in [3.05, 3.63) is 11.1 Å². The molecule has 0 radical (unpaired) electrons. The van der Waals surface area contributed by atoms with Crippen molar-refractivity contribution >= 4 is 11.6 Å². The largest absolute Gasteiger partial charge is 0.411 e. The van der Waals surface area contributed by atoms with Crippen molar-refractivity contribution < 1.29 is 13.2 Å². The average molecular weight is 242 g/mol. The van der Waals surface area contributed by atoms with Crippen LogP contribution in [-0.2, 0) is 12.0 Å². The number of alkyl halides is 3. The van der Waals surface area contributed by atoms with Crippen LogP contribution >= 0.6 is 11.6 Å². The second kappa shape index (κ2) is 3.66. The molecule has 3 nitrogen and oxygen atoms in total. The van der Waals surface area contributed by atoms with Crippen molar-refractivity contribution in [2.45, 2.75) is 38.9 Å². The first-order chi connectivity index (χ1) is 6.71. The number of halogens is 4. The summed E-state index contributed by atoms with van der Waals surface area (Å²) in [7, 11) is 0. The second-order valence-electron chi connectivity index (χ2n) is 3.63. The van der Waals surface area contributed by atoms with Crippen LogP contribution in [0.3, 0.4) is 0 Å². The van der Waals surface area contributed by atoms with Crippen molar-refractivity contribution in [1.29, 1.82) is 0 Å². The van der Waals surface area contributed by atoms with Crippen molar-refractivity contribution in [3.63, 3.8) is 0 Å². The van der Waals surface area contributed by atoms with E-state index in [0.717, 1.165) is 18.4 Å². The van der Waals surface area contributed by atoms with E-state index in [0.29, 0.717) is 6.42 Å².